The summed E-state index contributed by atoms with van der Waals surface area (Å²) in [5, 5.41) is 4.65. The largest absolute Gasteiger partial charge is 0.340 e. The summed E-state index contributed by atoms with van der Waals surface area (Å²) in [6, 6.07) is 5.87. The number of nitrogens with one attached hydrogen (secondary N) is 1. The molecule has 1 atom stereocenters. The summed E-state index contributed by atoms with van der Waals surface area (Å²) in [4.78, 5) is 4.41. The first kappa shape index (κ1) is 14.4. The Bertz CT molecular complexity index is 551. The number of likely N-dealkylation sites (N-methyl/N-ethyl adjacent to an activating group) is 1. The Morgan fingerprint density at radius 3 is 2.79 bits per heavy atom. The molecule has 1 aromatic carbocycles. The molecule has 102 valence electrons. The van der Waals surface area contributed by atoms with E-state index in [1.165, 1.54) is 0 Å². The van der Waals surface area contributed by atoms with Crippen molar-refractivity contribution in [3.63, 3.8) is 0 Å². The van der Waals surface area contributed by atoms with Gasteiger partial charge in [-0.2, -0.15) is 0 Å². The van der Waals surface area contributed by atoms with Crippen molar-refractivity contribution < 1.29 is 0 Å². The highest BCUT2D eigenvalue weighted by atomic mass is 35.5. The molecule has 1 heterocycles. The molecule has 0 bridgehead atoms. The quantitative estimate of drug-likeness (QED) is 0.913. The van der Waals surface area contributed by atoms with Crippen LogP contribution < -0.4 is 5.32 Å². The number of benzene rings is 1. The lowest BCUT2D eigenvalue weighted by atomic mass is 10.0. The predicted molar refractivity (Wildman–Crippen MR) is 79.8 cm³/mol. The molecular formula is C14H17Cl2N3. The van der Waals surface area contributed by atoms with Gasteiger partial charge in [0.1, 0.15) is 0 Å². The van der Waals surface area contributed by atoms with E-state index in [2.05, 4.69) is 17.2 Å². The van der Waals surface area contributed by atoms with E-state index in [9.17, 15) is 0 Å². The van der Waals surface area contributed by atoms with Gasteiger partial charge in [0.2, 0.25) is 0 Å². The molecule has 0 saturated heterocycles. The maximum absolute atomic E-state index is 6.24. The molecule has 19 heavy (non-hydrogen) atoms. The van der Waals surface area contributed by atoms with Crippen LogP contribution >= 0.6 is 23.2 Å². The zero-order valence-electron chi connectivity index (χ0n) is 11.0. The Morgan fingerprint density at radius 2 is 2.16 bits per heavy atom. The summed E-state index contributed by atoms with van der Waals surface area (Å²) < 4.78 is 1.94. The second-order valence-electron chi connectivity index (χ2n) is 4.49. The van der Waals surface area contributed by atoms with Crippen LogP contribution in [0.2, 0.25) is 10.0 Å². The first-order valence-corrected chi connectivity index (χ1v) is 7.01. The average molecular weight is 298 g/mol. The van der Waals surface area contributed by atoms with Crippen LogP contribution in [0.3, 0.4) is 0 Å². The summed E-state index contributed by atoms with van der Waals surface area (Å²) >= 11 is 12.3. The molecule has 0 aliphatic rings. The molecule has 0 saturated carbocycles. The minimum absolute atomic E-state index is 0.141. The standard InChI is InChI=1S/C14H17Cl2N3/c1-3-17-12(13-8-19(2)9-18-13)7-10-5-4-6-11(15)14(10)16/h4-6,8-9,12,17H,3,7H2,1-2H3. The number of halogens is 2. The normalized spacial score (nSPS) is 12.6. The molecule has 1 N–H and O–H groups in total. The molecule has 0 radical (unpaired) electrons. The second kappa shape index (κ2) is 6.42. The molecule has 0 amide bonds. The molecule has 5 heteroatoms. The van der Waals surface area contributed by atoms with E-state index in [4.69, 9.17) is 23.2 Å². The number of aryl methyl sites for hydroxylation is 1. The van der Waals surface area contributed by atoms with Crippen LogP contribution in [0.4, 0.5) is 0 Å². The minimum Gasteiger partial charge on any atom is -0.340 e. The first-order valence-electron chi connectivity index (χ1n) is 6.26. The molecule has 1 unspecified atom stereocenters. The summed E-state index contributed by atoms with van der Waals surface area (Å²) in [7, 11) is 1.96. The fourth-order valence-corrected chi connectivity index (χ4v) is 2.46. The van der Waals surface area contributed by atoms with Crippen LogP contribution in [-0.2, 0) is 13.5 Å². The van der Waals surface area contributed by atoms with Gasteiger partial charge in [0, 0.05) is 13.2 Å². The average Bonchev–Trinajstić information content (AvgIpc) is 2.81. The van der Waals surface area contributed by atoms with E-state index in [0.29, 0.717) is 10.0 Å². The number of nitrogens with zero attached hydrogens (tertiary/aromatic N) is 2. The molecule has 0 fully saturated rings. The third kappa shape index (κ3) is 3.50. The van der Waals surface area contributed by atoms with Crippen LogP contribution in [0, 0.1) is 0 Å². The lowest BCUT2D eigenvalue weighted by Gasteiger charge is -2.17. The maximum Gasteiger partial charge on any atom is 0.0947 e. The van der Waals surface area contributed by atoms with Crippen molar-refractivity contribution in [2.75, 3.05) is 6.54 Å². The molecule has 2 rings (SSSR count). The summed E-state index contributed by atoms with van der Waals surface area (Å²) in [6.07, 6.45) is 4.59. The molecule has 2 aromatic rings. The third-order valence-electron chi connectivity index (χ3n) is 2.99. The van der Waals surface area contributed by atoms with Gasteiger partial charge in [-0.25, -0.2) is 4.98 Å². The lowest BCUT2D eigenvalue weighted by molar-refractivity contribution is 0.538. The van der Waals surface area contributed by atoms with Crippen LogP contribution in [0.25, 0.3) is 0 Å². The highest BCUT2D eigenvalue weighted by molar-refractivity contribution is 6.42. The summed E-state index contributed by atoms with van der Waals surface area (Å²) in [6.45, 7) is 2.95. The predicted octanol–water partition coefficient (Wildman–Crippen LogP) is 3.62. The van der Waals surface area contributed by atoms with Gasteiger partial charge in [0.05, 0.1) is 28.1 Å². The van der Waals surface area contributed by atoms with Gasteiger partial charge in [-0.1, -0.05) is 42.3 Å². The van der Waals surface area contributed by atoms with Gasteiger partial charge in [-0.05, 0) is 24.6 Å². The van der Waals surface area contributed by atoms with E-state index in [1.807, 2.05) is 29.9 Å². The smallest absolute Gasteiger partial charge is 0.0947 e. The van der Waals surface area contributed by atoms with Crippen molar-refractivity contribution in [3.05, 3.63) is 52.0 Å². The molecule has 0 aliphatic heterocycles. The van der Waals surface area contributed by atoms with Crippen molar-refractivity contribution in [3.8, 4) is 0 Å². The molecule has 1 aromatic heterocycles. The first-order chi connectivity index (χ1) is 9.11. The number of rotatable bonds is 5. The van der Waals surface area contributed by atoms with Crippen molar-refractivity contribution in [2.45, 2.75) is 19.4 Å². The monoisotopic (exact) mass is 297 g/mol. The van der Waals surface area contributed by atoms with Crippen molar-refractivity contribution in [2.24, 2.45) is 7.05 Å². The minimum atomic E-state index is 0.141. The SMILES string of the molecule is CCNC(Cc1cccc(Cl)c1Cl)c1cn(C)cn1. The number of hydrogen-bond acceptors (Lipinski definition) is 2. The lowest BCUT2D eigenvalue weighted by Crippen LogP contribution is -2.23. The van der Waals surface area contributed by atoms with Crippen LogP contribution in [0.5, 0.6) is 0 Å². The van der Waals surface area contributed by atoms with E-state index in [0.717, 1.165) is 24.2 Å². The highest BCUT2D eigenvalue weighted by Crippen LogP contribution is 2.28. The van der Waals surface area contributed by atoms with E-state index in [-0.39, 0.29) is 6.04 Å². The number of aromatic nitrogens is 2. The fourth-order valence-electron chi connectivity index (χ4n) is 2.07. The van der Waals surface area contributed by atoms with Gasteiger partial charge in [-0.15, -0.1) is 0 Å². The molecular weight excluding hydrogens is 281 g/mol. The number of imidazole rings is 1. The molecule has 0 aliphatic carbocycles. The summed E-state index contributed by atoms with van der Waals surface area (Å²) in [5.41, 5.74) is 2.05. The Hall–Kier alpha value is -1.03. The molecule has 3 nitrogen and oxygen atoms in total. The topological polar surface area (TPSA) is 29.9 Å². The van der Waals surface area contributed by atoms with E-state index in [1.54, 1.807) is 12.4 Å². The van der Waals surface area contributed by atoms with Crippen LogP contribution in [0.15, 0.2) is 30.7 Å². The highest BCUT2D eigenvalue weighted by Gasteiger charge is 2.16. The Morgan fingerprint density at radius 1 is 1.37 bits per heavy atom. The van der Waals surface area contributed by atoms with Crippen molar-refractivity contribution in [1.82, 2.24) is 14.9 Å². The Kier molecular flexibility index (Phi) is 4.86. The van der Waals surface area contributed by atoms with Gasteiger partial charge in [0.15, 0.2) is 0 Å². The van der Waals surface area contributed by atoms with Gasteiger partial charge >= 0.3 is 0 Å². The second-order valence-corrected chi connectivity index (χ2v) is 5.28. The van der Waals surface area contributed by atoms with Gasteiger partial charge in [0.25, 0.3) is 0 Å². The zero-order chi connectivity index (χ0) is 13.8. The van der Waals surface area contributed by atoms with Gasteiger partial charge in [-0.3, -0.25) is 0 Å². The summed E-state index contributed by atoms with van der Waals surface area (Å²) in [5.74, 6) is 0. The number of hydrogen-bond donors (Lipinski definition) is 1. The maximum atomic E-state index is 6.24. The Labute approximate surface area is 123 Å². The molecule has 0 spiro atoms. The van der Waals surface area contributed by atoms with Crippen molar-refractivity contribution >= 4 is 23.2 Å². The van der Waals surface area contributed by atoms with E-state index < -0.39 is 0 Å². The van der Waals surface area contributed by atoms with Crippen LogP contribution in [0.1, 0.15) is 24.2 Å². The van der Waals surface area contributed by atoms with Crippen molar-refractivity contribution in [1.29, 1.82) is 0 Å². The van der Waals surface area contributed by atoms with Crippen LogP contribution in [-0.4, -0.2) is 16.1 Å². The van der Waals surface area contributed by atoms with Gasteiger partial charge < -0.3 is 9.88 Å². The van der Waals surface area contributed by atoms with E-state index >= 15 is 0 Å². The fraction of sp³-hybridized carbons (Fsp3) is 0.357. The zero-order valence-corrected chi connectivity index (χ0v) is 12.5. The third-order valence-corrected chi connectivity index (χ3v) is 3.85. The Balaban J connectivity index is 2.23.